The van der Waals surface area contributed by atoms with Gasteiger partial charge in [0.25, 0.3) is 5.56 Å². The van der Waals surface area contributed by atoms with Crippen LogP contribution in [0.5, 0.6) is 0 Å². The summed E-state index contributed by atoms with van der Waals surface area (Å²) in [5, 5.41) is 3.42. The minimum Gasteiger partial charge on any atom is -0.384 e. The normalized spacial score (nSPS) is 10.8. The van der Waals surface area contributed by atoms with Gasteiger partial charge in [0, 0.05) is 25.4 Å². The predicted octanol–water partition coefficient (Wildman–Crippen LogP) is 4.81. The fourth-order valence-electron chi connectivity index (χ4n) is 2.54. The highest BCUT2D eigenvalue weighted by atomic mass is 16.1. The van der Waals surface area contributed by atoms with Crippen molar-refractivity contribution in [3.8, 4) is 0 Å². The van der Waals surface area contributed by atoms with E-state index in [-0.39, 0.29) is 5.56 Å². The molecule has 0 unspecified atom stereocenters. The highest BCUT2D eigenvalue weighted by Gasteiger charge is 1.97. The molecule has 0 radical (unpaired) electrons. The highest BCUT2D eigenvalue weighted by Crippen LogP contribution is 2.09. The molecule has 0 aromatic carbocycles. The summed E-state index contributed by atoms with van der Waals surface area (Å²) in [5.41, 5.74) is 1.15. The van der Waals surface area contributed by atoms with E-state index in [0.29, 0.717) is 0 Å². The number of rotatable bonds is 12. The molecular formula is C18H32N2O. The number of nitrogens with one attached hydrogen (secondary N) is 1. The first-order valence-corrected chi connectivity index (χ1v) is 8.72. The van der Waals surface area contributed by atoms with Crippen molar-refractivity contribution in [2.75, 3.05) is 11.9 Å². The number of hydrogen-bond acceptors (Lipinski definition) is 2. The van der Waals surface area contributed by atoms with Crippen molar-refractivity contribution in [3.63, 3.8) is 0 Å². The Morgan fingerprint density at radius 2 is 1.57 bits per heavy atom. The topological polar surface area (TPSA) is 34.0 Å². The van der Waals surface area contributed by atoms with Gasteiger partial charge in [0.15, 0.2) is 0 Å². The van der Waals surface area contributed by atoms with E-state index < -0.39 is 0 Å². The zero-order valence-corrected chi connectivity index (χ0v) is 13.9. The second kappa shape index (κ2) is 11.4. The van der Waals surface area contributed by atoms with Crippen LogP contribution in [0, 0.1) is 0 Å². The van der Waals surface area contributed by atoms with Crippen molar-refractivity contribution in [2.24, 2.45) is 0 Å². The SMILES string of the molecule is CCCCCCCCCCNc1ccc(=O)n(CCC)c1. The van der Waals surface area contributed by atoms with Crippen LogP contribution >= 0.6 is 0 Å². The standard InChI is InChI=1S/C18H32N2O/c1-3-5-6-7-8-9-10-11-14-19-17-12-13-18(21)20(16-17)15-4-2/h12-13,16,19H,3-11,14-15H2,1-2H3. The van der Waals surface area contributed by atoms with Crippen LogP contribution in [-0.4, -0.2) is 11.1 Å². The zero-order chi connectivity index (χ0) is 15.3. The van der Waals surface area contributed by atoms with Gasteiger partial charge in [0.2, 0.25) is 0 Å². The van der Waals surface area contributed by atoms with Crippen LogP contribution in [0.3, 0.4) is 0 Å². The fourth-order valence-corrected chi connectivity index (χ4v) is 2.54. The predicted molar refractivity (Wildman–Crippen MR) is 92.1 cm³/mol. The first-order chi connectivity index (χ1) is 10.3. The van der Waals surface area contributed by atoms with Gasteiger partial charge in [-0.05, 0) is 18.9 Å². The number of aryl methyl sites for hydroxylation is 1. The average molecular weight is 292 g/mol. The van der Waals surface area contributed by atoms with Crippen molar-refractivity contribution in [1.29, 1.82) is 0 Å². The van der Waals surface area contributed by atoms with Crippen LogP contribution in [0.1, 0.15) is 71.6 Å². The van der Waals surface area contributed by atoms with Crippen LogP contribution in [0.2, 0.25) is 0 Å². The van der Waals surface area contributed by atoms with E-state index in [1.165, 1.54) is 51.4 Å². The van der Waals surface area contributed by atoms with E-state index in [1.807, 2.05) is 12.3 Å². The van der Waals surface area contributed by atoms with E-state index in [2.05, 4.69) is 19.2 Å². The van der Waals surface area contributed by atoms with Crippen molar-refractivity contribution < 1.29 is 0 Å². The Balaban J connectivity index is 2.12. The Morgan fingerprint density at radius 1 is 0.905 bits per heavy atom. The monoisotopic (exact) mass is 292 g/mol. The molecule has 1 rings (SSSR count). The molecule has 0 amide bonds. The smallest absolute Gasteiger partial charge is 0.250 e. The Labute approximate surface area is 129 Å². The Kier molecular flexibility index (Phi) is 9.68. The van der Waals surface area contributed by atoms with Gasteiger partial charge in [-0.15, -0.1) is 0 Å². The van der Waals surface area contributed by atoms with Crippen LogP contribution in [0.25, 0.3) is 0 Å². The number of hydrogen-bond donors (Lipinski definition) is 1. The van der Waals surface area contributed by atoms with Crippen LogP contribution in [-0.2, 0) is 6.54 Å². The van der Waals surface area contributed by atoms with Crippen molar-refractivity contribution in [2.45, 2.75) is 78.2 Å². The van der Waals surface area contributed by atoms with Crippen molar-refractivity contribution >= 4 is 5.69 Å². The van der Waals surface area contributed by atoms with Crippen LogP contribution in [0.4, 0.5) is 5.69 Å². The Hall–Kier alpha value is -1.25. The third kappa shape index (κ3) is 7.93. The number of anilines is 1. The summed E-state index contributed by atoms with van der Waals surface area (Å²) in [7, 11) is 0. The molecule has 0 aliphatic heterocycles. The lowest BCUT2D eigenvalue weighted by molar-refractivity contribution is 0.581. The Morgan fingerprint density at radius 3 is 2.24 bits per heavy atom. The summed E-state index contributed by atoms with van der Waals surface area (Å²) in [5.74, 6) is 0. The molecule has 0 spiro atoms. The fraction of sp³-hybridized carbons (Fsp3) is 0.722. The van der Waals surface area contributed by atoms with Gasteiger partial charge in [0.1, 0.15) is 0 Å². The lowest BCUT2D eigenvalue weighted by atomic mass is 10.1. The van der Waals surface area contributed by atoms with Gasteiger partial charge >= 0.3 is 0 Å². The van der Waals surface area contributed by atoms with E-state index >= 15 is 0 Å². The number of pyridine rings is 1. The van der Waals surface area contributed by atoms with Gasteiger partial charge in [-0.1, -0.05) is 58.8 Å². The summed E-state index contributed by atoms with van der Waals surface area (Å²) in [6, 6.07) is 3.55. The number of unbranched alkanes of at least 4 members (excludes halogenated alkanes) is 7. The second-order valence-corrected chi connectivity index (χ2v) is 5.85. The molecule has 0 atom stereocenters. The van der Waals surface area contributed by atoms with E-state index in [0.717, 1.165) is 25.2 Å². The molecule has 0 aliphatic carbocycles. The molecule has 0 aliphatic rings. The molecule has 1 aromatic rings. The first kappa shape index (κ1) is 17.8. The van der Waals surface area contributed by atoms with Crippen LogP contribution < -0.4 is 10.9 Å². The van der Waals surface area contributed by atoms with Crippen LogP contribution in [0.15, 0.2) is 23.1 Å². The summed E-state index contributed by atoms with van der Waals surface area (Å²) in [6.45, 7) is 6.15. The van der Waals surface area contributed by atoms with E-state index in [9.17, 15) is 4.79 Å². The lowest BCUT2D eigenvalue weighted by Crippen LogP contribution is -2.19. The molecule has 3 nitrogen and oxygen atoms in total. The summed E-state index contributed by atoms with van der Waals surface area (Å²) in [6.07, 6.45) is 13.7. The zero-order valence-electron chi connectivity index (χ0n) is 13.9. The van der Waals surface area contributed by atoms with Gasteiger partial charge in [-0.25, -0.2) is 0 Å². The molecule has 0 fully saturated rings. The molecule has 3 heteroatoms. The highest BCUT2D eigenvalue weighted by molar-refractivity contribution is 5.40. The number of nitrogens with zero attached hydrogens (tertiary/aromatic N) is 1. The molecule has 120 valence electrons. The minimum atomic E-state index is 0.0921. The molecule has 0 saturated heterocycles. The quantitative estimate of drug-likeness (QED) is 0.561. The van der Waals surface area contributed by atoms with Gasteiger partial charge in [-0.3, -0.25) is 4.79 Å². The minimum absolute atomic E-state index is 0.0921. The summed E-state index contributed by atoms with van der Waals surface area (Å²) < 4.78 is 1.79. The molecular weight excluding hydrogens is 260 g/mol. The van der Waals surface area contributed by atoms with Gasteiger partial charge in [-0.2, -0.15) is 0 Å². The maximum atomic E-state index is 11.6. The summed E-state index contributed by atoms with van der Waals surface area (Å²) >= 11 is 0. The summed E-state index contributed by atoms with van der Waals surface area (Å²) in [4.78, 5) is 11.6. The third-order valence-corrected chi connectivity index (χ3v) is 3.81. The number of aromatic nitrogens is 1. The maximum Gasteiger partial charge on any atom is 0.250 e. The Bertz CT molecular complexity index is 425. The van der Waals surface area contributed by atoms with Gasteiger partial charge < -0.3 is 9.88 Å². The van der Waals surface area contributed by atoms with Crippen molar-refractivity contribution in [3.05, 3.63) is 28.7 Å². The molecule has 0 saturated carbocycles. The molecule has 1 aromatic heterocycles. The third-order valence-electron chi connectivity index (χ3n) is 3.81. The first-order valence-electron chi connectivity index (χ1n) is 8.72. The van der Waals surface area contributed by atoms with Gasteiger partial charge in [0.05, 0.1) is 5.69 Å². The maximum absolute atomic E-state index is 11.6. The average Bonchev–Trinajstić information content (AvgIpc) is 2.49. The van der Waals surface area contributed by atoms with E-state index in [4.69, 9.17) is 0 Å². The molecule has 1 heterocycles. The van der Waals surface area contributed by atoms with Crippen molar-refractivity contribution in [1.82, 2.24) is 4.57 Å². The second-order valence-electron chi connectivity index (χ2n) is 5.85. The van der Waals surface area contributed by atoms with E-state index in [1.54, 1.807) is 10.6 Å². The molecule has 1 N–H and O–H groups in total. The largest absolute Gasteiger partial charge is 0.384 e. The lowest BCUT2D eigenvalue weighted by Gasteiger charge is -2.09. The molecule has 21 heavy (non-hydrogen) atoms. The molecule has 0 bridgehead atoms.